The van der Waals surface area contributed by atoms with Crippen LogP contribution < -0.4 is 5.32 Å². The lowest BCUT2D eigenvalue weighted by Crippen LogP contribution is -2.46. The summed E-state index contributed by atoms with van der Waals surface area (Å²) in [4.78, 5) is 20.9. The molecule has 1 amide bonds. The van der Waals surface area contributed by atoms with E-state index >= 15 is 0 Å². The Labute approximate surface area is 166 Å². The molecule has 1 unspecified atom stereocenters. The molecule has 0 radical (unpaired) electrons. The van der Waals surface area contributed by atoms with Crippen molar-refractivity contribution in [3.63, 3.8) is 0 Å². The van der Waals surface area contributed by atoms with E-state index in [2.05, 4.69) is 26.5 Å². The molecule has 2 aliphatic rings. The maximum absolute atomic E-state index is 12.3. The van der Waals surface area contributed by atoms with Crippen molar-refractivity contribution in [2.24, 2.45) is 12.0 Å². The zero-order valence-electron chi connectivity index (χ0n) is 15.1. The molecule has 2 fully saturated rings. The van der Waals surface area contributed by atoms with E-state index in [1.54, 1.807) is 7.05 Å². The van der Waals surface area contributed by atoms with Gasteiger partial charge in [-0.05, 0) is 31.2 Å². The van der Waals surface area contributed by atoms with Crippen LogP contribution in [-0.4, -0.2) is 71.2 Å². The lowest BCUT2D eigenvalue weighted by Gasteiger charge is -2.28. The van der Waals surface area contributed by atoms with Gasteiger partial charge in [0.1, 0.15) is 0 Å². The highest BCUT2D eigenvalue weighted by molar-refractivity contribution is 14.0. The Bertz CT molecular complexity index is 596. The molecule has 0 aromatic carbocycles. The number of guanidine groups is 1. The second-order valence-electron chi connectivity index (χ2n) is 6.72. The summed E-state index contributed by atoms with van der Waals surface area (Å²) in [6.07, 6.45) is 8.61. The molecule has 0 bridgehead atoms. The smallest absolute Gasteiger partial charge is 0.241 e. The number of carbonyl (C=O) groups excluding carboxylic acids is 1. The second-order valence-corrected chi connectivity index (χ2v) is 6.72. The minimum absolute atomic E-state index is 0. The molecule has 1 aromatic rings. The Kier molecular flexibility index (Phi) is 7.52. The Balaban J connectivity index is 0.00000225. The Morgan fingerprint density at radius 2 is 2.04 bits per heavy atom. The maximum Gasteiger partial charge on any atom is 0.241 e. The van der Waals surface area contributed by atoms with Crippen molar-refractivity contribution in [3.8, 4) is 0 Å². The van der Waals surface area contributed by atoms with Gasteiger partial charge in [0, 0.05) is 52.4 Å². The molecule has 0 aliphatic carbocycles. The maximum atomic E-state index is 12.3. The number of aryl methyl sites for hydroxylation is 1. The van der Waals surface area contributed by atoms with Gasteiger partial charge in [0.05, 0.1) is 12.7 Å². The number of halogens is 1. The number of hydrogen-bond donors (Lipinski definition) is 1. The molecule has 0 spiro atoms. The number of nitrogens with zero attached hydrogens (tertiary/aromatic N) is 5. The average Bonchev–Trinajstić information content (AvgIpc) is 3.25. The molecule has 3 rings (SSSR count). The van der Waals surface area contributed by atoms with E-state index in [0.29, 0.717) is 12.5 Å². The van der Waals surface area contributed by atoms with Crippen LogP contribution in [0.2, 0.25) is 0 Å². The van der Waals surface area contributed by atoms with Gasteiger partial charge in [-0.2, -0.15) is 5.10 Å². The molecule has 25 heavy (non-hydrogen) atoms. The molecule has 8 heteroatoms. The minimum atomic E-state index is 0. The number of hydrogen-bond acceptors (Lipinski definition) is 3. The summed E-state index contributed by atoms with van der Waals surface area (Å²) in [6.45, 7) is 4.00. The van der Waals surface area contributed by atoms with Crippen LogP contribution in [0.15, 0.2) is 17.4 Å². The first-order valence-electron chi connectivity index (χ1n) is 8.89. The zero-order valence-corrected chi connectivity index (χ0v) is 17.5. The lowest BCUT2D eigenvalue weighted by molar-refractivity contribution is -0.130. The van der Waals surface area contributed by atoms with Crippen molar-refractivity contribution in [1.29, 1.82) is 0 Å². The van der Waals surface area contributed by atoms with Crippen LogP contribution in [-0.2, 0) is 11.8 Å². The van der Waals surface area contributed by atoms with Crippen LogP contribution in [0.5, 0.6) is 0 Å². The second kappa shape index (κ2) is 9.40. The van der Waals surface area contributed by atoms with Crippen molar-refractivity contribution in [2.45, 2.75) is 31.6 Å². The number of amides is 1. The van der Waals surface area contributed by atoms with Gasteiger partial charge < -0.3 is 15.1 Å². The quantitative estimate of drug-likeness (QED) is 0.421. The van der Waals surface area contributed by atoms with E-state index in [0.717, 1.165) is 51.4 Å². The molecule has 3 heterocycles. The molecule has 2 saturated heterocycles. The summed E-state index contributed by atoms with van der Waals surface area (Å²) in [7, 11) is 3.73. The van der Waals surface area contributed by atoms with Crippen LogP contribution in [0.3, 0.4) is 0 Å². The van der Waals surface area contributed by atoms with Crippen molar-refractivity contribution >= 4 is 35.8 Å². The molecule has 2 aliphatic heterocycles. The predicted octanol–water partition coefficient (Wildman–Crippen LogP) is 1.42. The van der Waals surface area contributed by atoms with Crippen LogP contribution >= 0.6 is 24.0 Å². The summed E-state index contributed by atoms with van der Waals surface area (Å²) >= 11 is 0. The van der Waals surface area contributed by atoms with Gasteiger partial charge in [0.25, 0.3) is 0 Å². The van der Waals surface area contributed by atoms with Gasteiger partial charge in [0.2, 0.25) is 5.91 Å². The fraction of sp³-hybridized carbons (Fsp3) is 0.706. The Hall–Kier alpha value is -1.32. The zero-order chi connectivity index (χ0) is 16.9. The summed E-state index contributed by atoms with van der Waals surface area (Å²) in [5.74, 6) is 1.49. The molecule has 1 atom stereocenters. The normalized spacial score (nSPS) is 21.2. The lowest BCUT2D eigenvalue weighted by atomic mass is 10.0. The average molecular weight is 460 g/mol. The third-order valence-corrected chi connectivity index (χ3v) is 5.00. The number of aromatic nitrogens is 2. The highest BCUT2D eigenvalue weighted by Gasteiger charge is 2.27. The highest BCUT2D eigenvalue weighted by atomic mass is 127. The van der Waals surface area contributed by atoms with Crippen LogP contribution in [0, 0.1) is 0 Å². The fourth-order valence-electron chi connectivity index (χ4n) is 3.62. The summed E-state index contributed by atoms with van der Waals surface area (Å²) in [5, 5.41) is 7.51. The molecule has 1 aromatic heterocycles. The first-order valence-corrected chi connectivity index (χ1v) is 8.89. The number of nitrogens with one attached hydrogen (secondary N) is 1. The molecular formula is C17H29IN6O. The summed E-state index contributed by atoms with van der Waals surface area (Å²) in [6, 6.07) is 0. The molecule has 1 N–H and O–H groups in total. The van der Waals surface area contributed by atoms with E-state index in [4.69, 9.17) is 0 Å². The van der Waals surface area contributed by atoms with Gasteiger partial charge in [-0.25, -0.2) is 0 Å². The summed E-state index contributed by atoms with van der Waals surface area (Å²) in [5.41, 5.74) is 1.28. The number of likely N-dealkylation sites (tertiary alicyclic amines) is 2. The van der Waals surface area contributed by atoms with Gasteiger partial charge in [-0.15, -0.1) is 24.0 Å². The Morgan fingerprint density at radius 3 is 2.68 bits per heavy atom. The van der Waals surface area contributed by atoms with Crippen LogP contribution in [0.1, 0.15) is 37.2 Å². The third kappa shape index (κ3) is 5.08. The highest BCUT2D eigenvalue weighted by Crippen LogP contribution is 2.26. The first kappa shape index (κ1) is 20.0. The van der Waals surface area contributed by atoms with E-state index in [-0.39, 0.29) is 29.9 Å². The predicted molar refractivity (Wildman–Crippen MR) is 109 cm³/mol. The van der Waals surface area contributed by atoms with Crippen molar-refractivity contribution in [1.82, 2.24) is 24.9 Å². The molecule has 140 valence electrons. The van der Waals surface area contributed by atoms with Crippen LogP contribution in [0.25, 0.3) is 0 Å². The number of piperidine rings is 1. The standard InChI is InChI=1S/C17H28N6O.HI/c1-18-17(19-11-16(24)22-7-4-3-5-8-22)23-9-6-14(13-23)15-10-20-21(2)12-15;/h10,12,14H,3-9,11,13H2,1-2H3,(H,18,19);1H. The van der Waals surface area contributed by atoms with Crippen LogP contribution in [0.4, 0.5) is 0 Å². The Morgan fingerprint density at radius 1 is 1.28 bits per heavy atom. The van der Waals surface area contributed by atoms with E-state index in [9.17, 15) is 4.79 Å². The SMILES string of the molecule is CN=C(NCC(=O)N1CCCCC1)N1CCC(c2cnn(C)c2)C1.I. The fourth-order valence-corrected chi connectivity index (χ4v) is 3.62. The third-order valence-electron chi connectivity index (χ3n) is 5.00. The molecular weight excluding hydrogens is 431 g/mol. The minimum Gasteiger partial charge on any atom is -0.347 e. The summed E-state index contributed by atoms with van der Waals surface area (Å²) < 4.78 is 1.85. The van der Waals surface area contributed by atoms with Crippen molar-refractivity contribution < 1.29 is 4.79 Å². The first-order chi connectivity index (χ1) is 11.7. The number of rotatable bonds is 3. The van der Waals surface area contributed by atoms with E-state index < -0.39 is 0 Å². The van der Waals surface area contributed by atoms with E-state index in [1.165, 1.54) is 12.0 Å². The molecule has 0 saturated carbocycles. The van der Waals surface area contributed by atoms with Gasteiger partial charge >= 0.3 is 0 Å². The largest absolute Gasteiger partial charge is 0.347 e. The topological polar surface area (TPSA) is 65.8 Å². The van der Waals surface area contributed by atoms with Gasteiger partial charge in [0.15, 0.2) is 5.96 Å². The van der Waals surface area contributed by atoms with Gasteiger partial charge in [-0.3, -0.25) is 14.5 Å². The number of aliphatic imine (C=N–C) groups is 1. The number of carbonyl (C=O) groups is 1. The van der Waals surface area contributed by atoms with Crippen molar-refractivity contribution in [3.05, 3.63) is 18.0 Å². The monoisotopic (exact) mass is 460 g/mol. The van der Waals surface area contributed by atoms with Crippen molar-refractivity contribution in [2.75, 3.05) is 39.8 Å². The van der Waals surface area contributed by atoms with Gasteiger partial charge in [-0.1, -0.05) is 0 Å². The van der Waals surface area contributed by atoms with E-state index in [1.807, 2.05) is 22.8 Å². The molecule has 7 nitrogen and oxygen atoms in total.